The Bertz CT molecular complexity index is 1440. The predicted molar refractivity (Wildman–Crippen MR) is 136 cm³/mol. The molecular weight excluding hydrogens is 468 g/mol. The third kappa shape index (κ3) is 4.78. The Morgan fingerprint density at radius 2 is 2.09 bits per heavy atom. The van der Waals surface area contributed by atoms with Gasteiger partial charge in [-0.2, -0.15) is 0 Å². The van der Waals surface area contributed by atoms with Crippen LogP contribution in [0.15, 0.2) is 41.2 Å². The van der Waals surface area contributed by atoms with Crippen LogP contribution in [0.3, 0.4) is 0 Å². The first-order valence-corrected chi connectivity index (χ1v) is 13.4. The lowest BCUT2D eigenvalue weighted by molar-refractivity contribution is -0.0539. The van der Waals surface area contributed by atoms with Gasteiger partial charge in [-0.05, 0) is 55.7 Å². The first kappa shape index (κ1) is 23.8. The Hall–Kier alpha value is -2.95. The van der Waals surface area contributed by atoms with Gasteiger partial charge in [0.25, 0.3) is 5.56 Å². The summed E-state index contributed by atoms with van der Waals surface area (Å²) in [6.45, 7) is 6.41. The first-order valence-electron chi connectivity index (χ1n) is 11.8. The van der Waals surface area contributed by atoms with Crippen molar-refractivity contribution < 1.29 is 17.9 Å². The van der Waals surface area contributed by atoms with E-state index in [0.29, 0.717) is 48.5 Å². The van der Waals surface area contributed by atoms with Crippen LogP contribution in [-0.2, 0) is 38.2 Å². The Kier molecular flexibility index (Phi) is 6.29. The second-order valence-corrected chi connectivity index (χ2v) is 10.9. The minimum absolute atomic E-state index is 0.00307. The number of hydrogen-bond donors (Lipinski definition) is 1. The number of morpholine rings is 1. The molecule has 0 bridgehead atoms. The van der Waals surface area contributed by atoms with Crippen LogP contribution in [0, 0.1) is 6.92 Å². The van der Waals surface area contributed by atoms with Crippen LogP contribution in [0.2, 0.25) is 0 Å². The minimum Gasteiger partial charge on any atom is -0.379 e. The number of rotatable bonds is 6. The van der Waals surface area contributed by atoms with Crippen molar-refractivity contribution in [1.29, 1.82) is 0 Å². The molecule has 5 rings (SSSR count). The van der Waals surface area contributed by atoms with Crippen LogP contribution in [0.4, 0.5) is 11.4 Å². The molecule has 1 fully saturated rings. The molecule has 0 amide bonds. The molecule has 0 saturated carbocycles. The molecule has 3 heterocycles. The van der Waals surface area contributed by atoms with E-state index < -0.39 is 10.0 Å². The fraction of sp³-hybridized carbons (Fsp3) is 0.440. The Morgan fingerprint density at radius 1 is 1.26 bits per heavy atom. The highest BCUT2D eigenvalue weighted by Crippen LogP contribution is 2.28. The Balaban J connectivity index is 1.36. The lowest BCUT2D eigenvalue weighted by Gasteiger charge is -2.36. The molecule has 1 N–H and O–H groups in total. The quantitative estimate of drug-likeness (QED) is 0.557. The Labute approximate surface area is 204 Å². The molecule has 35 heavy (non-hydrogen) atoms. The van der Waals surface area contributed by atoms with Crippen LogP contribution in [0.5, 0.6) is 0 Å². The molecule has 0 radical (unpaired) electrons. The number of hydrogen-bond acceptors (Lipinski definition) is 7. The van der Waals surface area contributed by atoms with Gasteiger partial charge >= 0.3 is 0 Å². The number of benzene rings is 2. The van der Waals surface area contributed by atoms with Gasteiger partial charge in [0.05, 0.1) is 35.1 Å². The zero-order valence-corrected chi connectivity index (χ0v) is 21.0. The normalized spacial score (nSPS) is 20.0. The van der Waals surface area contributed by atoms with Crippen molar-refractivity contribution >= 4 is 32.3 Å². The van der Waals surface area contributed by atoms with Gasteiger partial charge in [-0.15, -0.1) is 0 Å². The summed E-state index contributed by atoms with van der Waals surface area (Å²) in [4.78, 5) is 20.3. The van der Waals surface area contributed by atoms with E-state index in [2.05, 4.69) is 9.62 Å². The van der Waals surface area contributed by atoms with E-state index in [1.165, 1.54) is 0 Å². The third-order valence-electron chi connectivity index (χ3n) is 6.89. The average Bonchev–Trinajstić information content (AvgIpc) is 3.16. The molecule has 3 aromatic rings. The molecule has 1 aromatic heterocycles. The van der Waals surface area contributed by atoms with Gasteiger partial charge in [0, 0.05) is 32.4 Å². The van der Waals surface area contributed by atoms with E-state index in [-0.39, 0.29) is 23.5 Å². The van der Waals surface area contributed by atoms with Crippen LogP contribution in [0.25, 0.3) is 10.9 Å². The van der Waals surface area contributed by atoms with Gasteiger partial charge in [0.1, 0.15) is 11.9 Å². The SMILES string of the molecule is CO[C@H](C)[C@H]1CN(c2ccc3c(=O)n(CCc4ccc5c(c4)NS(=O)(=O)C5)c(C)nc3c2)CCO1. The topological polar surface area (TPSA) is 103 Å². The maximum Gasteiger partial charge on any atom is 0.261 e. The number of fused-ring (bicyclic) bond motifs is 2. The molecule has 1 saturated heterocycles. The summed E-state index contributed by atoms with van der Waals surface area (Å²) in [7, 11) is -1.59. The smallest absolute Gasteiger partial charge is 0.261 e. The number of sulfonamides is 1. The predicted octanol–water partition coefficient (Wildman–Crippen LogP) is 2.44. The summed E-state index contributed by atoms with van der Waals surface area (Å²) < 4.78 is 39.1. The highest BCUT2D eigenvalue weighted by molar-refractivity contribution is 7.92. The summed E-state index contributed by atoms with van der Waals surface area (Å²) >= 11 is 0. The van der Waals surface area contributed by atoms with Crippen LogP contribution < -0.4 is 15.2 Å². The number of anilines is 2. The van der Waals surface area contributed by atoms with Crippen LogP contribution >= 0.6 is 0 Å². The number of aryl methyl sites for hydroxylation is 2. The number of nitrogens with one attached hydrogen (secondary N) is 1. The molecule has 0 spiro atoms. The summed E-state index contributed by atoms with van der Waals surface area (Å²) in [6, 6.07) is 11.4. The van der Waals surface area contributed by atoms with E-state index in [9.17, 15) is 13.2 Å². The molecule has 2 aliphatic rings. The molecular formula is C25H30N4O5S. The molecule has 0 aliphatic carbocycles. The maximum atomic E-state index is 13.3. The summed E-state index contributed by atoms with van der Waals surface area (Å²) in [6.07, 6.45) is 0.576. The third-order valence-corrected chi connectivity index (χ3v) is 8.12. The van der Waals surface area contributed by atoms with Crippen molar-refractivity contribution in [2.24, 2.45) is 0 Å². The highest BCUT2D eigenvalue weighted by atomic mass is 32.2. The lowest BCUT2D eigenvalue weighted by Crippen LogP contribution is -2.47. The van der Waals surface area contributed by atoms with Gasteiger partial charge in [0.2, 0.25) is 10.0 Å². The van der Waals surface area contributed by atoms with Gasteiger partial charge in [-0.1, -0.05) is 12.1 Å². The van der Waals surface area contributed by atoms with Gasteiger partial charge in [-0.25, -0.2) is 13.4 Å². The molecule has 9 nitrogen and oxygen atoms in total. The number of nitrogens with zero attached hydrogens (tertiary/aromatic N) is 3. The molecule has 10 heteroatoms. The van der Waals surface area contributed by atoms with Gasteiger partial charge in [0.15, 0.2) is 0 Å². The standard InChI is InChI=1S/C25H30N4O5S/c1-16(33-3)24-14-28(10-11-34-24)20-6-7-21-23(13-20)26-17(2)29(25(21)30)9-8-18-4-5-19-15-35(31,32)27-22(19)12-18/h4-7,12-13,16,24,27H,8-11,14-15H2,1-3H3/t16-,24-/m1/s1. The number of methoxy groups -OCH3 is 1. The largest absolute Gasteiger partial charge is 0.379 e. The van der Waals surface area contributed by atoms with Crippen LogP contribution in [0.1, 0.15) is 23.9 Å². The van der Waals surface area contributed by atoms with E-state index in [0.717, 1.165) is 23.4 Å². The van der Waals surface area contributed by atoms with E-state index >= 15 is 0 Å². The van der Waals surface area contributed by atoms with E-state index in [1.807, 2.05) is 50.2 Å². The van der Waals surface area contributed by atoms with Gasteiger partial charge < -0.3 is 14.4 Å². The second kappa shape index (κ2) is 9.25. The molecule has 2 atom stereocenters. The zero-order valence-electron chi connectivity index (χ0n) is 20.2. The van der Waals surface area contributed by atoms with Crippen molar-refractivity contribution in [3.05, 3.63) is 63.7 Å². The van der Waals surface area contributed by atoms with E-state index in [1.54, 1.807) is 11.7 Å². The number of ether oxygens (including phenoxy) is 2. The van der Waals surface area contributed by atoms with Crippen molar-refractivity contribution in [1.82, 2.24) is 9.55 Å². The van der Waals surface area contributed by atoms with Crippen molar-refractivity contribution in [2.45, 2.75) is 44.8 Å². The first-order chi connectivity index (χ1) is 16.7. The van der Waals surface area contributed by atoms with E-state index in [4.69, 9.17) is 14.5 Å². The summed E-state index contributed by atoms with van der Waals surface area (Å²) in [5.41, 5.74) is 3.97. The van der Waals surface area contributed by atoms with Crippen molar-refractivity contribution in [3.63, 3.8) is 0 Å². The molecule has 0 unspecified atom stereocenters. The maximum absolute atomic E-state index is 13.3. The van der Waals surface area contributed by atoms with Gasteiger partial charge in [-0.3, -0.25) is 14.1 Å². The summed E-state index contributed by atoms with van der Waals surface area (Å²) in [5, 5.41) is 0.580. The van der Waals surface area contributed by atoms with Crippen molar-refractivity contribution in [2.75, 3.05) is 36.4 Å². The fourth-order valence-electron chi connectivity index (χ4n) is 4.78. The molecule has 2 aliphatic heterocycles. The van der Waals surface area contributed by atoms with Crippen molar-refractivity contribution in [3.8, 4) is 0 Å². The monoisotopic (exact) mass is 498 g/mol. The molecule has 186 valence electrons. The molecule has 2 aromatic carbocycles. The number of aromatic nitrogens is 2. The van der Waals surface area contributed by atoms with Crippen LogP contribution in [-0.4, -0.2) is 57.0 Å². The second-order valence-electron chi connectivity index (χ2n) is 9.22. The minimum atomic E-state index is -3.28. The zero-order chi connectivity index (χ0) is 24.7. The average molecular weight is 499 g/mol. The summed E-state index contributed by atoms with van der Waals surface area (Å²) in [5.74, 6) is 0.656. The Morgan fingerprint density at radius 3 is 2.89 bits per heavy atom. The fourth-order valence-corrected chi connectivity index (χ4v) is 6.03. The highest BCUT2D eigenvalue weighted by Gasteiger charge is 2.26. The lowest BCUT2D eigenvalue weighted by atomic mass is 10.1.